The van der Waals surface area contributed by atoms with E-state index in [9.17, 15) is 18.7 Å². The summed E-state index contributed by atoms with van der Waals surface area (Å²) in [6.07, 6.45) is 2.58. The van der Waals surface area contributed by atoms with Gasteiger partial charge < -0.3 is 15.3 Å². The Kier molecular flexibility index (Phi) is 5.60. The van der Waals surface area contributed by atoms with E-state index in [4.69, 9.17) is 4.98 Å². The maximum absolute atomic E-state index is 13.4. The van der Waals surface area contributed by atoms with Gasteiger partial charge in [-0.15, -0.1) is 0 Å². The zero-order valence-corrected chi connectivity index (χ0v) is 18.2. The summed E-state index contributed by atoms with van der Waals surface area (Å²) in [5.41, 5.74) is 1.43. The van der Waals surface area contributed by atoms with E-state index in [1.807, 2.05) is 12.1 Å². The molecule has 2 saturated heterocycles. The number of β-amino-alcohol motifs (C(OH)–C–C–N with tert-alkyl or cyclic N) is 1. The summed E-state index contributed by atoms with van der Waals surface area (Å²) >= 11 is 1.61. The minimum absolute atomic E-state index is 0.164. The first-order valence-electron chi connectivity index (χ1n) is 11.1. The van der Waals surface area contributed by atoms with E-state index in [0.717, 1.165) is 47.8 Å². The predicted octanol–water partition coefficient (Wildman–Crippen LogP) is 3.25. The molecule has 3 aliphatic rings. The number of fused-ring (bicyclic) bond motifs is 3. The number of rotatable bonds is 5. The summed E-state index contributed by atoms with van der Waals surface area (Å²) in [6, 6.07) is 6.16. The van der Waals surface area contributed by atoms with E-state index < -0.39 is 5.92 Å². The van der Waals surface area contributed by atoms with Crippen LogP contribution in [0, 0.1) is 0 Å². The molecule has 9 heteroatoms. The summed E-state index contributed by atoms with van der Waals surface area (Å²) in [7, 11) is 0. The molecule has 168 valence electrons. The number of hydrogen-bond acceptors (Lipinski definition) is 6. The van der Waals surface area contributed by atoms with Gasteiger partial charge >= 0.3 is 0 Å². The number of carbonyl (C=O) groups is 1. The number of likely N-dealkylation sites (tertiary alicyclic amines) is 1. The number of aliphatic hydroxyl groups excluding tert-OH is 1. The van der Waals surface area contributed by atoms with Gasteiger partial charge in [0.05, 0.1) is 16.8 Å². The normalized spacial score (nSPS) is 26.5. The lowest BCUT2D eigenvalue weighted by Crippen LogP contribution is -2.54. The quantitative estimate of drug-likeness (QED) is 0.732. The maximum Gasteiger partial charge on any atom is 0.251 e. The molecule has 1 saturated carbocycles. The van der Waals surface area contributed by atoms with E-state index in [0.29, 0.717) is 30.5 Å². The van der Waals surface area contributed by atoms with Crippen LogP contribution < -0.4 is 10.2 Å². The number of piperazine rings is 1. The molecule has 3 heterocycles. The van der Waals surface area contributed by atoms with Crippen molar-refractivity contribution in [3.8, 4) is 0 Å². The highest BCUT2D eigenvalue weighted by Crippen LogP contribution is 2.39. The van der Waals surface area contributed by atoms with Crippen molar-refractivity contribution in [2.45, 2.75) is 62.6 Å². The standard InChI is InChI=1S/C22H28F2N4O2S/c23-22(24)7-5-15(6-8-22)25-20(30)14-1-4-18-19(11-14)31-21(26-18)28-16-2-3-17(28)13-27(12-16)9-10-29/h1,4,11,15-17,29H,2-3,5-10,12-13H2,(H,25,30). The van der Waals surface area contributed by atoms with Gasteiger partial charge in [-0.05, 0) is 43.9 Å². The molecule has 1 aromatic heterocycles. The van der Waals surface area contributed by atoms with Crippen LogP contribution >= 0.6 is 11.3 Å². The zero-order valence-electron chi connectivity index (χ0n) is 17.4. The van der Waals surface area contributed by atoms with Gasteiger partial charge in [0.15, 0.2) is 5.13 Å². The van der Waals surface area contributed by atoms with Crippen LogP contribution in [-0.2, 0) is 0 Å². The topological polar surface area (TPSA) is 68.7 Å². The smallest absolute Gasteiger partial charge is 0.251 e. The Balaban J connectivity index is 1.29. The van der Waals surface area contributed by atoms with Crippen LogP contribution in [0.5, 0.6) is 0 Å². The molecule has 2 unspecified atom stereocenters. The number of thiazole rings is 1. The van der Waals surface area contributed by atoms with Crippen molar-refractivity contribution in [3.63, 3.8) is 0 Å². The number of aromatic nitrogens is 1. The number of hydrogen-bond donors (Lipinski definition) is 2. The third-order valence-electron chi connectivity index (χ3n) is 6.89. The minimum atomic E-state index is -2.60. The SMILES string of the molecule is O=C(NC1CCC(F)(F)CC1)c1ccc2nc(N3C4CCC3CN(CCO)C4)sc2c1. The predicted molar refractivity (Wildman–Crippen MR) is 117 cm³/mol. The fourth-order valence-electron chi connectivity index (χ4n) is 5.24. The summed E-state index contributed by atoms with van der Waals surface area (Å²) in [5, 5.41) is 13.2. The van der Waals surface area contributed by atoms with Crippen LogP contribution in [0.2, 0.25) is 0 Å². The molecule has 5 rings (SSSR count). The van der Waals surface area contributed by atoms with Gasteiger partial charge in [-0.3, -0.25) is 9.69 Å². The lowest BCUT2D eigenvalue weighted by Gasteiger charge is -2.40. The van der Waals surface area contributed by atoms with Crippen molar-refractivity contribution in [2.75, 3.05) is 31.1 Å². The van der Waals surface area contributed by atoms with Gasteiger partial charge in [-0.2, -0.15) is 0 Å². The van der Waals surface area contributed by atoms with Crippen molar-refractivity contribution in [3.05, 3.63) is 23.8 Å². The highest BCUT2D eigenvalue weighted by molar-refractivity contribution is 7.22. The monoisotopic (exact) mass is 450 g/mol. The average Bonchev–Trinajstić information content (AvgIpc) is 3.27. The number of anilines is 1. The number of halogens is 2. The third kappa shape index (κ3) is 4.27. The van der Waals surface area contributed by atoms with E-state index >= 15 is 0 Å². The molecule has 2 aliphatic heterocycles. The van der Waals surface area contributed by atoms with Crippen LogP contribution in [0.25, 0.3) is 10.2 Å². The molecule has 0 radical (unpaired) electrons. The number of benzene rings is 1. The molecule has 1 aromatic carbocycles. The summed E-state index contributed by atoms with van der Waals surface area (Å²) < 4.78 is 27.7. The van der Waals surface area contributed by atoms with E-state index in [2.05, 4.69) is 15.1 Å². The Labute approximate surface area is 184 Å². The van der Waals surface area contributed by atoms with E-state index in [1.54, 1.807) is 17.4 Å². The van der Waals surface area contributed by atoms with E-state index in [1.165, 1.54) is 0 Å². The van der Waals surface area contributed by atoms with Gasteiger partial charge in [0.25, 0.3) is 5.91 Å². The first-order valence-corrected chi connectivity index (χ1v) is 11.9. The average molecular weight is 451 g/mol. The second-order valence-corrected chi connectivity index (χ2v) is 10.1. The van der Waals surface area contributed by atoms with Gasteiger partial charge in [-0.25, -0.2) is 13.8 Å². The number of amides is 1. The summed E-state index contributed by atoms with van der Waals surface area (Å²) in [4.78, 5) is 22.3. The molecule has 2 aromatic rings. The second kappa shape index (κ2) is 8.26. The van der Waals surface area contributed by atoms with Crippen molar-refractivity contribution < 1.29 is 18.7 Å². The first-order chi connectivity index (χ1) is 14.9. The Morgan fingerprint density at radius 2 is 1.90 bits per heavy atom. The van der Waals surface area contributed by atoms with Crippen molar-refractivity contribution in [2.24, 2.45) is 0 Å². The fraction of sp³-hybridized carbons (Fsp3) is 0.636. The molecular formula is C22H28F2N4O2S. The molecule has 3 fully saturated rings. The summed E-state index contributed by atoms with van der Waals surface area (Å²) in [6.45, 7) is 2.80. The molecule has 2 atom stereocenters. The Morgan fingerprint density at radius 1 is 1.19 bits per heavy atom. The minimum Gasteiger partial charge on any atom is -0.395 e. The fourth-order valence-corrected chi connectivity index (χ4v) is 6.39. The van der Waals surface area contributed by atoms with E-state index in [-0.39, 0.29) is 31.4 Å². The molecule has 0 spiro atoms. The number of carbonyl (C=O) groups excluding carboxylic acids is 1. The third-order valence-corrected chi connectivity index (χ3v) is 7.92. The number of alkyl halides is 2. The lowest BCUT2D eigenvalue weighted by atomic mass is 9.92. The van der Waals surface area contributed by atoms with Gasteiger partial charge in [0.2, 0.25) is 5.92 Å². The van der Waals surface area contributed by atoms with Gasteiger partial charge in [0, 0.05) is 56.2 Å². The van der Waals surface area contributed by atoms with Crippen molar-refractivity contribution in [1.82, 2.24) is 15.2 Å². The Hall–Kier alpha value is -1.84. The van der Waals surface area contributed by atoms with Crippen molar-refractivity contribution >= 4 is 32.6 Å². The molecular weight excluding hydrogens is 422 g/mol. The molecule has 31 heavy (non-hydrogen) atoms. The van der Waals surface area contributed by atoms with Crippen molar-refractivity contribution in [1.29, 1.82) is 0 Å². The Bertz CT molecular complexity index is 944. The number of aliphatic hydroxyl groups is 1. The van der Waals surface area contributed by atoms with Gasteiger partial charge in [-0.1, -0.05) is 11.3 Å². The maximum atomic E-state index is 13.4. The molecule has 2 bridgehead atoms. The first kappa shape index (κ1) is 21.0. The lowest BCUT2D eigenvalue weighted by molar-refractivity contribution is -0.0399. The highest BCUT2D eigenvalue weighted by Gasteiger charge is 2.41. The molecule has 1 aliphatic carbocycles. The zero-order chi connectivity index (χ0) is 21.6. The van der Waals surface area contributed by atoms with Crippen LogP contribution in [-0.4, -0.2) is 71.2 Å². The van der Waals surface area contributed by atoms with Crippen LogP contribution in [0.15, 0.2) is 18.2 Å². The van der Waals surface area contributed by atoms with Gasteiger partial charge in [0.1, 0.15) is 0 Å². The highest BCUT2D eigenvalue weighted by atomic mass is 32.1. The number of nitrogens with zero attached hydrogens (tertiary/aromatic N) is 3. The Morgan fingerprint density at radius 3 is 2.58 bits per heavy atom. The largest absolute Gasteiger partial charge is 0.395 e. The summed E-state index contributed by atoms with van der Waals surface area (Å²) in [5.74, 6) is -2.80. The molecule has 6 nitrogen and oxygen atoms in total. The molecule has 2 N–H and O–H groups in total. The van der Waals surface area contributed by atoms with Crippen LogP contribution in [0.1, 0.15) is 48.9 Å². The van der Waals surface area contributed by atoms with Crippen LogP contribution in [0.4, 0.5) is 13.9 Å². The van der Waals surface area contributed by atoms with Crippen LogP contribution in [0.3, 0.4) is 0 Å². The second-order valence-electron chi connectivity index (χ2n) is 9.06. The molecule has 1 amide bonds. The number of nitrogens with one attached hydrogen (secondary N) is 1.